The predicted octanol–water partition coefficient (Wildman–Crippen LogP) is 1.71. The lowest BCUT2D eigenvalue weighted by Crippen LogP contribution is -2.39. The summed E-state index contributed by atoms with van der Waals surface area (Å²) >= 11 is 0. The Labute approximate surface area is 221 Å². The number of hydrogen-bond acceptors (Lipinski definition) is 10. The largest absolute Gasteiger partial charge is 0.462 e. The Bertz CT molecular complexity index is 693. The highest BCUT2D eigenvalue weighted by Gasteiger charge is 2.44. The Kier molecular flexibility index (Phi) is 14.2. The van der Waals surface area contributed by atoms with E-state index in [-0.39, 0.29) is 43.3 Å². The third kappa shape index (κ3) is 10.9. The molecule has 1 heterocycles. The zero-order chi connectivity index (χ0) is 28.5. The Morgan fingerprint density at radius 1 is 0.892 bits per heavy atom. The topological polar surface area (TPSA) is 163 Å². The summed E-state index contributed by atoms with van der Waals surface area (Å²) in [4.78, 5) is 25.0. The average molecular weight is 535 g/mol. The van der Waals surface area contributed by atoms with Gasteiger partial charge in [-0.25, -0.2) is 0 Å². The maximum atomic E-state index is 12.7. The molecule has 0 amide bonds. The van der Waals surface area contributed by atoms with Crippen LogP contribution in [0.4, 0.5) is 0 Å². The minimum absolute atomic E-state index is 0.0224. The molecule has 1 aliphatic rings. The van der Waals surface area contributed by atoms with Crippen molar-refractivity contribution in [3.05, 3.63) is 0 Å². The van der Waals surface area contributed by atoms with Gasteiger partial charge in [-0.3, -0.25) is 9.59 Å². The van der Waals surface area contributed by atoms with E-state index in [4.69, 9.17) is 14.2 Å². The molecular weight excluding hydrogens is 484 g/mol. The average Bonchev–Trinajstić information content (AvgIpc) is 3.09. The molecule has 1 fully saturated rings. The minimum atomic E-state index is -1.35. The van der Waals surface area contributed by atoms with Gasteiger partial charge in [-0.05, 0) is 11.8 Å². The van der Waals surface area contributed by atoms with Gasteiger partial charge in [-0.1, -0.05) is 61.3 Å². The summed E-state index contributed by atoms with van der Waals surface area (Å²) in [5, 5.41) is 50.6. The lowest BCUT2D eigenvalue weighted by atomic mass is 9.86. The molecule has 0 radical (unpaired) electrons. The molecule has 1 aliphatic heterocycles. The smallest absolute Gasteiger partial charge is 0.308 e. The third-order valence-corrected chi connectivity index (χ3v) is 7.32. The van der Waals surface area contributed by atoms with Gasteiger partial charge in [0.05, 0.1) is 31.3 Å². The first-order valence-corrected chi connectivity index (χ1v) is 13.5. The minimum Gasteiger partial charge on any atom is -0.462 e. The second-order valence-electron chi connectivity index (χ2n) is 11.5. The van der Waals surface area contributed by atoms with Crippen molar-refractivity contribution < 1.29 is 49.3 Å². The first-order chi connectivity index (χ1) is 17.1. The van der Waals surface area contributed by atoms with Crippen molar-refractivity contribution in [2.45, 2.75) is 136 Å². The van der Waals surface area contributed by atoms with E-state index >= 15 is 0 Å². The molecule has 0 saturated carbocycles. The Hall–Kier alpha value is -1.14. The zero-order valence-electron chi connectivity index (χ0n) is 23.5. The summed E-state index contributed by atoms with van der Waals surface area (Å²) in [7, 11) is 0. The standard InChI is InChI=1S/C27H50O10/c1-8-15(3)19(10-17(29)12-22(31)27(5,6)7)35-23(32)13-18(30)11-20(16(4)9-2)36-26-25(34)24(33)21(14-28)37-26/h15-21,24-26,28-30,33-34H,8-14H2,1-7H3/t15-,16-,17?,18+,19+,20+,21+,24+,25-,26-/m1/s1. The highest BCUT2D eigenvalue weighted by Crippen LogP contribution is 2.28. The van der Waals surface area contributed by atoms with E-state index in [1.54, 1.807) is 20.8 Å². The number of aliphatic hydroxyl groups excluding tert-OH is 5. The molecule has 5 N–H and O–H groups in total. The summed E-state index contributed by atoms with van der Waals surface area (Å²) in [6.07, 6.45) is -6.75. The second-order valence-corrected chi connectivity index (χ2v) is 11.5. The van der Waals surface area contributed by atoms with Crippen LogP contribution in [0.25, 0.3) is 0 Å². The van der Waals surface area contributed by atoms with Crippen molar-refractivity contribution >= 4 is 11.8 Å². The third-order valence-electron chi connectivity index (χ3n) is 7.32. The molecule has 1 rings (SSSR count). The van der Waals surface area contributed by atoms with Gasteiger partial charge >= 0.3 is 5.97 Å². The summed E-state index contributed by atoms with van der Waals surface area (Å²) in [5.41, 5.74) is -0.571. The quantitative estimate of drug-likeness (QED) is 0.184. The summed E-state index contributed by atoms with van der Waals surface area (Å²) < 4.78 is 16.9. The maximum Gasteiger partial charge on any atom is 0.308 e. The molecule has 1 saturated heterocycles. The van der Waals surface area contributed by atoms with Gasteiger partial charge in [0.2, 0.25) is 0 Å². The van der Waals surface area contributed by atoms with Crippen molar-refractivity contribution in [2.75, 3.05) is 6.61 Å². The van der Waals surface area contributed by atoms with Gasteiger partial charge in [0, 0.05) is 24.7 Å². The lowest BCUT2D eigenvalue weighted by molar-refractivity contribution is -0.208. The van der Waals surface area contributed by atoms with Crippen LogP contribution in [0.3, 0.4) is 0 Å². The molecule has 10 nitrogen and oxygen atoms in total. The lowest BCUT2D eigenvalue weighted by Gasteiger charge is -2.30. The van der Waals surface area contributed by atoms with Crippen LogP contribution in [0.5, 0.6) is 0 Å². The number of esters is 1. The summed E-state index contributed by atoms with van der Waals surface area (Å²) in [6.45, 7) is 12.6. The molecule has 0 aliphatic carbocycles. The molecule has 0 bridgehead atoms. The molecule has 218 valence electrons. The van der Waals surface area contributed by atoms with E-state index in [1.807, 2.05) is 27.7 Å². The Morgan fingerprint density at radius 3 is 1.89 bits per heavy atom. The molecule has 0 aromatic heterocycles. The van der Waals surface area contributed by atoms with E-state index in [9.17, 15) is 35.1 Å². The number of carbonyl (C=O) groups is 2. The fourth-order valence-corrected chi connectivity index (χ4v) is 4.13. The van der Waals surface area contributed by atoms with Crippen LogP contribution in [0.1, 0.15) is 87.0 Å². The Morgan fingerprint density at radius 2 is 1.41 bits per heavy atom. The van der Waals surface area contributed by atoms with Crippen molar-refractivity contribution in [3.8, 4) is 0 Å². The van der Waals surface area contributed by atoms with Crippen molar-refractivity contribution in [3.63, 3.8) is 0 Å². The van der Waals surface area contributed by atoms with E-state index in [1.165, 1.54) is 0 Å². The van der Waals surface area contributed by atoms with E-state index < -0.39 is 67.0 Å². The molecule has 10 atom stereocenters. The summed E-state index contributed by atoms with van der Waals surface area (Å²) in [5.74, 6) is -0.809. The second kappa shape index (κ2) is 15.5. The monoisotopic (exact) mass is 534 g/mol. The van der Waals surface area contributed by atoms with E-state index in [2.05, 4.69) is 0 Å². The highest BCUT2D eigenvalue weighted by atomic mass is 16.7. The molecule has 0 aromatic rings. The van der Waals surface area contributed by atoms with Crippen LogP contribution >= 0.6 is 0 Å². The van der Waals surface area contributed by atoms with Crippen LogP contribution in [0, 0.1) is 17.3 Å². The number of ketones is 1. The number of aliphatic hydroxyl groups is 5. The van der Waals surface area contributed by atoms with Crippen LogP contribution in [-0.4, -0.2) is 92.9 Å². The van der Waals surface area contributed by atoms with Gasteiger partial charge in [0.25, 0.3) is 0 Å². The van der Waals surface area contributed by atoms with Gasteiger partial charge in [-0.2, -0.15) is 0 Å². The highest BCUT2D eigenvalue weighted by molar-refractivity contribution is 5.84. The first-order valence-electron chi connectivity index (χ1n) is 13.5. The van der Waals surface area contributed by atoms with Crippen molar-refractivity contribution in [1.82, 2.24) is 0 Å². The number of Topliss-reactive ketones (excluding diaryl/α,β-unsaturated/α-hetero) is 1. The van der Waals surface area contributed by atoms with Crippen LogP contribution in [0.2, 0.25) is 0 Å². The fraction of sp³-hybridized carbons (Fsp3) is 0.926. The summed E-state index contributed by atoms with van der Waals surface area (Å²) in [6, 6.07) is 0. The number of carbonyl (C=O) groups excluding carboxylic acids is 2. The SMILES string of the molecule is CC[C@@H](C)[C@H](CC(O)CC(=O)C(C)(C)C)OC(=O)C[C@@H](O)C[C@H](O[C@@H]1O[C@@H](CO)[C@H](O)[C@H]1O)[C@H](C)CC. The molecule has 1 unspecified atom stereocenters. The van der Waals surface area contributed by atoms with Crippen LogP contribution in [-0.2, 0) is 23.8 Å². The van der Waals surface area contributed by atoms with Crippen molar-refractivity contribution in [1.29, 1.82) is 0 Å². The Balaban J connectivity index is 2.74. The van der Waals surface area contributed by atoms with Crippen molar-refractivity contribution in [2.24, 2.45) is 17.3 Å². The van der Waals surface area contributed by atoms with Gasteiger partial charge in [0.1, 0.15) is 30.2 Å². The van der Waals surface area contributed by atoms with Crippen LogP contribution in [0.15, 0.2) is 0 Å². The van der Waals surface area contributed by atoms with Crippen LogP contribution < -0.4 is 0 Å². The van der Waals surface area contributed by atoms with Gasteiger partial charge in [0.15, 0.2) is 6.29 Å². The molecule has 10 heteroatoms. The normalized spacial score (nSPS) is 27.2. The fourth-order valence-electron chi connectivity index (χ4n) is 4.13. The first kappa shape index (κ1) is 33.9. The molecule has 37 heavy (non-hydrogen) atoms. The molecule has 0 spiro atoms. The van der Waals surface area contributed by atoms with Gasteiger partial charge < -0.3 is 39.7 Å². The molecular formula is C27H50O10. The van der Waals surface area contributed by atoms with E-state index in [0.29, 0.717) is 12.8 Å². The van der Waals surface area contributed by atoms with E-state index in [0.717, 1.165) is 0 Å². The predicted molar refractivity (Wildman–Crippen MR) is 136 cm³/mol. The number of hydrogen-bond donors (Lipinski definition) is 5. The number of ether oxygens (including phenoxy) is 3. The number of rotatable bonds is 16. The maximum absolute atomic E-state index is 12.7. The molecule has 0 aromatic carbocycles. The van der Waals surface area contributed by atoms with Gasteiger partial charge in [-0.15, -0.1) is 0 Å². The zero-order valence-corrected chi connectivity index (χ0v) is 23.5.